The second kappa shape index (κ2) is 3.81. The zero-order valence-electron chi connectivity index (χ0n) is 6.84. The standard InChI is InChI=1S/C12H7.Ag/c1-2-10-7-5-8-11-6-3-4-9-12(10)11;/h3-9H;. The summed E-state index contributed by atoms with van der Waals surface area (Å²) in [5.74, 6) is 3.02. The second-order valence-electron chi connectivity index (χ2n) is 2.73. The topological polar surface area (TPSA) is 0 Å². The van der Waals surface area contributed by atoms with Gasteiger partial charge in [0.2, 0.25) is 0 Å². The van der Waals surface area contributed by atoms with E-state index < -0.39 is 0 Å². The van der Waals surface area contributed by atoms with E-state index in [0.29, 0.717) is 0 Å². The molecule has 0 bridgehead atoms. The number of rotatable bonds is 0. The molecule has 0 aliphatic rings. The van der Waals surface area contributed by atoms with Crippen LogP contribution in [0.4, 0.5) is 0 Å². The van der Waals surface area contributed by atoms with E-state index in [1.165, 1.54) is 10.8 Å². The zero-order valence-corrected chi connectivity index (χ0v) is 8.33. The molecule has 1 heteroatoms. The van der Waals surface area contributed by atoms with Gasteiger partial charge >= 0.3 is 89.9 Å². The van der Waals surface area contributed by atoms with Crippen LogP contribution in [-0.4, -0.2) is 0 Å². The van der Waals surface area contributed by atoms with Gasteiger partial charge in [0.1, 0.15) is 0 Å². The summed E-state index contributed by atoms with van der Waals surface area (Å²) in [5.41, 5.74) is 1.06. The third-order valence-electron chi connectivity index (χ3n) is 1.96. The predicted molar refractivity (Wildman–Crippen MR) is 50.8 cm³/mol. The molecule has 2 aromatic carbocycles. The quantitative estimate of drug-likeness (QED) is 0.504. The van der Waals surface area contributed by atoms with Crippen LogP contribution in [0.5, 0.6) is 0 Å². The monoisotopic (exact) mass is 258 g/mol. The van der Waals surface area contributed by atoms with Gasteiger partial charge in [-0.05, 0) is 0 Å². The maximum absolute atomic E-state index is 3.13. The Morgan fingerprint density at radius 2 is 1.69 bits per heavy atom. The first kappa shape index (κ1) is 8.59. The fourth-order valence-corrected chi connectivity index (χ4v) is 1.57. The van der Waals surface area contributed by atoms with E-state index in [0.717, 1.165) is 5.56 Å². The van der Waals surface area contributed by atoms with Crippen LogP contribution in [0.15, 0.2) is 42.5 Å². The van der Waals surface area contributed by atoms with Crippen LogP contribution >= 0.6 is 0 Å². The number of hydrogen-bond acceptors (Lipinski definition) is 0. The molecule has 0 spiro atoms. The molecule has 2 aromatic rings. The third kappa shape index (κ3) is 1.68. The van der Waals surface area contributed by atoms with E-state index in [2.05, 4.69) is 49.3 Å². The molecule has 0 saturated heterocycles. The molecule has 2 rings (SSSR count). The van der Waals surface area contributed by atoms with Gasteiger partial charge in [-0.25, -0.2) is 0 Å². The molecule has 0 aromatic heterocycles. The van der Waals surface area contributed by atoms with Crippen LogP contribution in [-0.2, 0) is 21.1 Å². The van der Waals surface area contributed by atoms with Gasteiger partial charge in [-0.2, -0.15) is 0 Å². The Labute approximate surface area is 89.9 Å². The number of fused-ring (bicyclic) bond motifs is 1. The van der Waals surface area contributed by atoms with Gasteiger partial charge in [-0.1, -0.05) is 0 Å². The minimum atomic E-state index is 1.06. The first-order valence-corrected chi connectivity index (χ1v) is 4.71. The molecule has 13 heavy (non-hydrogen) atoms. The Kier molecular flexibility index (Phi) is 2.52. The van der Waals surface area contributed by atoms with Gasteiger partial charge in [0.15, 0.2) is 0 Å². The van der Waals surface area contributed by atoms with E-state index in [1.54, 1.807) is 0 Å². The molecule has 0 N–H and O–H groups in total. The van der Waals surface area contributed by atoms with Crippen LogP contribution in [0, 0.1) is 10.1 Å². The predicted octanol–water partition coefficient (Wildman–Crippen LogP) is 2.70. The van der Waals surface area contributed by atoms with Crippen LogP contribution in [0.25, 0.3) is 10.8 Å². The van der Waals surface area contributed by atoms with Crippen LogP contribution in [0.3, 0.4) is 0 Å². The van der Waals surface area contributed by atoms with Crippen molar-refractivity contribution < 1.29 is 21.1 Å². The van der Waals surface area contributed by atoms with Crippen molar-refractivity contribution in [2.45, 2.75) is 0 Å². The van der Waals surface area contributed by atoms with Gasteiger partial charge in [0.05, 0.1) is 0 Å². The Morgan fingerprint density at radius 3 is 2.54 bits per heavy atom. The van der Waals surface area contributed by atoms with E-state index in [9.17, 15) is 0 Å². The minimum absolute atomic E-state index is 1.06. The summed E-state index contributed by atoms with van der Waals surface area (Å²) in [7, 11) is 0. The van der Waals surface area contributed by atoms with Gasteiger partial charge < -0.3 is 0 Å². The molecular weight excluding hydrogens is 252 g/mol. The van der Waals surface area contributed by atoms with Crippen molar-refractivity contribution in [2.24, 2.45) is 0 Å². The Hall–Kier alpha value is -1.000. The van der Waals surface area contributed by atoms with E-state index >= 15 is 0 Å². The van der Waals surface area contributed by atoms with Crippen molar-refractivity contribution in [3.63, 3.8) is 0 Å². The first-order chi connectivity index (χ1) is 6.42. The maximum atomic E-state index is 3.13. The molecular formula is C12H7Ag. The molecule has 0 unspecified atom stereocenters. The molecule has 0 aliphatic carbocycles. The summed E-state index contributed by atoms with van der Waals surface area (Å²) in [6.07, 6.45) is 0. The molecule has 0 heterocycles. The average molecular weight is 259 g/mol. The van der Waals surface area contributed by atoms with Crippen molar-refractivity contribution in [1.82, 2.24) is 0 Å². The number of benzene rings is 2. The first-order valence-electron chi connectivity index (χ1n) is 3.97. The molecule has 0 aliphatic heterocycles. The normalized spacial score (nSPS) is 9.38. The van der Waals surface area contributed by atoms with Crippen molar-refractivity contribution in [2.75, 3.05) is 0 Å². The van der Waals surface area contributed by atoms with Crippen molar-refractivity contribution >= 4 is 10.8 Å². The Balaban J connectivity index is 2.80. The summed E-state index contributed by atoms with van der Waals surface area (Å²) in [4.78, 5) is 0. The third-order valence-corrected chi connectivity index (χ3v) is 2.15. The molecule has 0 nitrogen and oxygen atoms in total. The molecule has 0 saturated carbocycles. The van der Waals surface area contributed by atoms with Gasteiger partial charge in [-0.3, -0.25) is 0 Å². The molecule has 0 fully saturated rings. The van der Waals surface area contributed by atoms with Crippen molar-refractivity contribution in [1.29, 1.82) is 0 Å². The SMILES string of the molecule is [Ag][C]#Cc1cccc2ccccc12. The molecule has 0 atom stereocenters. The van der Waals surface area contributed by atoms with Crippen LogP contribution in [0.1, 0.15) is 5.56 Å². The molecule has 66 valence electrons. The van der Waals surface area contributed by atoms with Crippen LogP contribution < -0.4 is 0 Å². The summed E-state index contributed by atoms with van der Waals surface area (Å²) in [6.45, 7) is 0. The van der Waals surface area contributed by atoms with Crippen molar-refractivity contribution in [3.8, 4) is 10.1 Å². The Bertz CT molecular complexity index is 484. The zero-order chi connectivity index (χ0) is 9.10. The molecule has 0 amide bonds. The second-order valence-corrected chi connectivity index (χ2v) is 3.10. The summed E-state index contributed by atoms with van der Waals surface area (Å²) >= 11 is 3.13. The van der Waals surface area contributed by atoms with Crippen molar-refractivity contribution in [3.05, 3.63) is 48.0 Å². The molecule has 0 radical (unpaired) electrons. The van der Waals surface area contributed by atoms with Gasteiger partial charge in [0.25, 0.3) is 0 Å². The fourth-order valence-electron chi connectivity index (χ4n) is 1.38. The van der Waals surface area contributed by atoms with Gasteiger partial charge in [0, 0.05) is 0 Å². The van der Waals surface area contributed by atoms with E-state index in [1.807, 2.05) is 24.3 Å². The van der Waals surface area contributed by atoms with E-state index in [-0.39, 0.29) is 0 Å². The Morgan fingerprint density at radius 1 is 0.923 bits per heavy atom. The fraction of sp³-hybridized carbons (Fsp3) is 0. The van der Waals surface area contributed by atoms with Crippen LogP contribution in [0.2, 0.25) is 0 Å². The average Bonchev–Trinajstić information content (AvgIpc) is 2.19. The van der Waals surface area contributed by atoms with E-state index in [4.69, 9.17) is 0 Å². The number of hydrogen-bond donors (Lipinski definition) is 0. The summed E-state index contributed by atoms with van der Waals surface area (Å²) in [6, 6.07) is 14.4. The summed E-state index contributed by atoms with van der Waals surface area (Å²) in [5, 5.41) is 2.44. The van der Waals surface area contributed by atoms with Gasteiger partial charge in [-0.15, -0.1) is 0 Å². The summed E-state index contributed by atoms with van der Waals surface area (Å²) < 4.78 is 2.74.